The number of ether oxygens (including phenoxy) is 2. The number of nitrogens with zero attached hydrogens (tertiary/aromatic N) is 2. The molecule has 10 heteroatoms. The second kappa shape index (κ2) is 11.0. The number of hydrogen-bond donors (Lipinski definition) is 1. The molecule has 2 bridgehead atoms. The molecule has 1 amide bonds. The highest BCUT2D eigenvalue weighted by atomic mass is 19.4. The van der Waals surface area contributed by atoms with Crippen LogP contribution in [-0.4, -0.2) is 70.2 Å². The van der Waals surface area contributed by atoms with E-state index in [-0.39, 0.29) is 35.1 Å². The van der Waals surface area contributed by atoms with Gasteiger partial charge >= 0.3 is 12.1 Å². The molecule has 5 aliphatic rings. The lowest BCUT2D eigenvalue weighted by Crippen LogP contribution is -2.79. The van der Waals surface area contributed by atoms with E-state index in [0.29, 0.717) is 43.9 Å². The topological polar surface area (TPSA) is 79.3 Å². The van der Waals surface area contributed by atoms with Crippen molar-refractivity contribution in [3.8, 4) is 11.5 Å². The molecule has 3 aliphatic carbocycles. The van der Waals surface area contributed by atoms with E-state index in [4.69, 9.17) is 9.47 Å². The van der Waals surface area contributed by atoms with Crippen LogP contribution in [0.4, 0.5) is 13.2 Å². The van der Waals surface area contributed by atoms with Crippen molar-refractivity contribution >= 4 is 18.0 Å². The SMILES string of the molecule is CC(=O)O[C@@]12CCC(N(CC(C)C)C(=O)/C=C/c3cccc(C(F)(F)F)c3)C3Oc4c(O)ccc5c4[C@@]31CCN(CC1CC1)[C@@H]2C5. The number of likely N-dealkylation sites (tertiary alicyclic amines) is 1. The van der Waals surface area contributed by atoms with Gasteiger partial charge in [0.1, 0.15) is 11.7 Å². The molecule has 246 valence electrons. The Labute approximate surface area is 267 Å². The third kappa shape index (κ3) is 4.90. The van der Waals surface area contributed by atoms with Gasteiger partial charge < -0.3 is 19.5 Å². The zero-order valence-electron chi connectivity index (χ0n) is 26.5. The number of alkyl halides is 3. The van der Waals surface area contributed by atoms with Crippen molar-refractivity contribution < 1.29 is 37.3 Å². The first kappa shape index (κ1) is 31.1. The van der Waals surface area contributed by atoms with Gasteiger partial charge in [-0.25, -0.2) is 0 Å². The number of phenolic OH excluding ortho intramolecular Hbond substituents is 1. The van der Waals surface area contributed by atoms with Crippen LogP contribution in [0.25, 0.3) is 6.08 Å². The first-order chi connectivity index (χ1) is 21.8. The molecular formula is C36H41F3N2O5. The molecular weight excluding hydrogens is 597 g/mol. The molecule has 2 aromatic carbocycles. The highest BCUT2D eigenvalue weighted by Gasteiger charge is 2.75. The maximum atomic E-state index is 14.1. The lowest BCUT2D eigenvalue weighted by atomic mass is 9.48. The van der Waals surface area contributed by atoms with Crippen molar-refractivity contribution in [2.24, 2.45) is 11.8 Å². The number of benzene rings is 2. The van der Waals surface area contributed by atoms with Gasteiger partial charge in [0, 0.05) is 31.7 Å². The Morgan fingerprint density at radius 3 is 2.65 bits per heavy atom. The predicted molar refractivity (Wildman–Crippen MR) is 165 cm³/mol. The quantitative estimate of drug-likeness (QED) is 0.278. The van der Waals surface area contributed by atoms with Gasteiger partial charge in [-0.1, -0.05) is 32.0 Å². The first-order valence-electron chi connectivity index (χ1n) is 16.5. The normalized spacial score (nSPS) is 29.8. The predicted octanol–water partition coefficient (Wildman–Crippen LogP) is 6.11. The fourth-order valence-electron chi connectivity index (χ4n) is 9.07. The number of carbonyl (C=O) groups excluding carboxylic acids is 2. The van der Waals surface area contributed by atoms with Gasteiger partial charge in [0.2, 0.25) is 5.91 Å². The number of aromatic hydroxyl groups is 1. The lowest BCUT2D eigenvalue weighted by molar-refractivity contribution is -0.224. The van der Waals surface area contributed by atoms with Crippen LogP contribution in [-0.2, 0) is 32.3 Å². The minimum Gasteiger partial charge on any atom is -0.504 e. The monoisotopic (exact) mass is 638 g/mol. The summed E-state index contributed by atoms with van der Waals surface area (Å²) in [4.78, 5) is 31.3. The second-order valence-electron chi connectivity index (χ2n) is 14.3. The summed E-state index contributed by atoms with van der Waals surface area (Å²) in [7, 11) is 0. The van der Waals surface area contributed by atoms with E-state index < -0.39 is 34.9 Å². The molecule has 0 aromatic heterocycles. The fourth-order valence-corrected chi connectivity index (χ4v) is 9.07. The number of amides is 1. The zero-order chi connectivity index (χ0) is 32.6. The second-order valence-corrected chi connectivity index (χ2v) is 14.3. The number of rotatable bonds is 8. The number of esters is 1. The van der Waals surface area contributed by atoms with Gasteiger partial charge in [0.25, 0.3) is 0 Å². The van der Waals surface area contributed by atoms with E-state index in [1.54, 1.807) is 11.0 Å². The van der Waals surface area contributed by atoms with Gasteiger partial charge in [0.05, 0.1) is 23.1 Å². The number of carbonyl (C=O) groups is 2. The maximum absolute atomic E-state index is 14.1. The van der Waals surface area contributed by atoms with Gasteiger partial charge in [-0.05, 0) is 92.3 Å². The van der Waals surface area contributed by atoms with E-state index in [2.05, 4.69) is 4.90 Å². The van der Waals surface area contributed by atoms with Crippen LogP contribution in [0.5, 0.6) is 11.5 Å². The molecule has 2 aliphatic heterocycles. The summed E-state index contributed by atoms with van der Waals surface area (Å²) in [6, 6.07) is 8.06. The Hall–Kier alpha value is -3.53. The summed E-state index contributed by atoms with van der Waals surface area (Å²) in [5, 5.41) is 11.1. The summed E-state index contributed by atoms with van der Waals surface area (Å²) >= 11 is 0. The number of phenols is 1. The smallest absolute Gasteiger partial charge is 0.416 e. The molecule has 1 N–H and O–H groups in total. The van der Waals surface area contributed by atoms with Crippen LogP contribution in [0, 0.1) is 11.8 Å². The summed E-state index contributed by atoms with van der Waals surface area (Å²) in [6.07, 6.45) is 2.47. The standard InChI is InChI=1S/C36H41F3N2O5/c1-21(2)19-41(30(44)12-9-23-5-4-6-26(17-23)36(37,38)39)27-13-14-35(46-22(3)42)29-18-25-10-11-28(43)32-31(25)34(35,33(27)45-32)15-16-40(29)20-24-7-8-24/h4-6,9-12,17,21,24,27,29,33,43H,7-8,13-16,18-20H2,1-3H3/b12-9+/t27?,29-,33?,34+,35-/m1/s1. The Morgan fingerprint density at radius 2 is 1.96 bits per heavy atom. The zero-order valence-corrected chi connectivity index (χ0v) is 26.5. The van der Waals surface area contributed by atoms with Crippen molar-refractivity contribution in [2.45, 2.75) is 94.7 Å². The van der Waals surface area contributed by atoms with Crippen LogP contribution in [0.15, 0.2) is 42.5 Å². The van der Waals surface area contributed by atoms with Crippen LogP contribution < -0.4 is 4.74 Å². The third-order valence-corrected chi connectivity index (χ3v) is 10.9. The Morgan fingerprint density at radius 1 is 1.17 bits per heavy atom. The number of halogens is 3. The summed E-state index contributed by atoms with van der Waals surface area (Å²) in [6.45, 7) is 7.63. The maximum Gasteiger partial charge on any atom is 0.416 e. The molecule has 5 atom stereocenters. The van der Waals surface area contributed by atoms with Gasteiger partial charge in [-0.2, -0.15) is 13.2 Å². The van der Waals surface area contributed by atoms with Gasteiger partial charge in [-0.3, -0.25) is 14.5 Å². The van der Waals surface area contributed by atoms with E-state index >= 15 is 0 Å². The molecule has 2 unspecified atom stereocenters. The average Bonchev–Trinajstić information content (AvgIpc) is 3.74. The van der Waals surface area contributed by atoms with E-state index in [0.717, 1.165) is 36.3 Å². The average molecular weight is 639 g/mol. The largest absolute Gasteiger partial charge is 0.504 e. The molecule has 7 rings (SSSR count). The molecule has 1 spiro atoms. The van der Waals surface area contributed by atoms with Crippen LogP contribution >= 0.6 is 0 Å². The van der Waals surface area contributed by atoms with E-state index in [9.17, 15) is 27.9 Å². The van der Waals surface area contributed by atoms with Crippen molar-refractivity contribution in [2.75, 3.05) is 19.6 Å². The Kier molecular flexibility index (Phi) is 7.45. The highest BCUT2D eigenvalue weighted by Crippen LogP contribution is 2.67. The number of piperidine rings is 1. The molecule has 3 fully saturated rings. The highest BCUT2D eigenvalue weighted by molar-refractivity contribution is 5.92. The summed E-state index contributed by atoms with van der Waals surface area (Å²) in [5.74, 6) is 0.506. The van der Waals surface area contributed by atoms with Gasteiger partial charge in [0.15, 0.2) is 11.5 Å². The van der Waals surface area contributed by atoms with Crippen LogP contribution in [0.3, 0.4) is 0 Å². The molecule has 2 heterocycles. The molecule has 0 radical (unpaired) electrons. The molecule has 46 heavy (non-hydrogen) atoms. The minimum absolute atomic E-state index is 0.0306. The Balaban J connectivity index is 1.30. The summed E-state index contributed by atoms with van der Waals surface area (Å²) < 4.78 is 53.4. The Bertz CT molecular complexity index is 1590. The van der Waals surface area contributed by atoms with Gasteiger partial charge in [-0.15, -0.1) is 0 Å². The molecule has 2 saturated carbocycles. The third-order valence-electron chi connectivity index (χ3n) is 10.9. The number of hydrogen-bond acceptors (Lipinski definition) is 6. The van der Waals surface area contributed by atoms with Crippen molar-refractivity contribution in [1.82, 2.24) is 9.80 Å². The fraction of sp³-hybridized carbons (Fsp3) is 0.556. The van der Waals surface area contributed by atoms with Crippen molar-refractivity contribution in [3.05, 3.63) is 64.7 Å². The van der Waals surface area contributed by atoms with E-state index in [1.807, 2.05) is 19.9 Å². The lowest BCUT2D eigenvalue weighted by Gasteiger charge is -2.65. The van der Waals surface area contributed by atoms with Crippen LogP contribution in [0.1, 0.15) is 75.1 Å². The van der Waals surface area contributed by atoms with E-state index in [1.165, 1.54) is 44.1 Å². The molecule has 7 nitrogen and oxygen atoms in total. The van der Waals surface area contributed by atoms with Crippen molar-refractivity contribution in [3.63, 3.8) is 0 Å². The van der Waals surface area contributed by atoms with Crippen LogP contribution in [0.2, 0.25) is 0 Å². The minimum atomic E-state index is -4.49. The first-order valence-corrected chi connectivity index (χ1v) is 16.5. The van der Waals surface area contributed by atoms with Crippen molar-refractivity contribution in [1.29, 1.82) is 0 Å². The summed E-state index contributed by atoms with van der Waals surface area (Å²) in [5.41, 5.74) is -0.172. The molecule has 2 aromatic rings. The molecule has 1 saturated heterocycles.